The lowest BCUT2D eigenvalue weighted by Gasteiger charge is -2.43. The van der Waals surface area contributed by atoms with Crippen LogP contribution in [0.15, 0.2) is 87.5 Å². The molecule has 4 N–H and O–H groups in total. The third kappa shape index (κ3) is 5.31. The number of anilines is 2. The number of carbonyl (C=O) groups is 3. The third-order valence-corrected chi connectivity index (χ3v) is 13.6. The molecule has 8 rings (SSSR count). The number of nitro groups is 1. The number of nitrogens with one attached hydrogen (secondary N) is 2. The molecule has 14 nitrogen and oxygen atoms in total. The van der Waals surface area contributed by atoms with Gasteiger partial charge in [-0.05, 0) is 78.3 Å². The van der Waals surface area contributed by atoms with Crippen LogP contribution in [-0.4, -0.2) is 47.9 Å². The second-order valence-electron chi connectivity index (χ2n) is 12.7. The summed E-state index contributed by atoms with van der Waals surface area (Å²) in [5, 5.41) is 19.7. The summed E-state index contributed by atoms with van der Waals surface area (Å²) in [4.78, 5) is 68.3. The summed E-state index contributed by atoms with van der Waals surface area (Å²) in [5.41, 5.74) is 1.47. The van der Waals surface area contributed by atoms with Crippen molar-refractivity contribution in [1.29, 1.82) is 0 Å². The molecule has 3 amide bonds. The number of ether oxygens (including phenoxy) is 1. The number of thiazole rings is 1. The summed E-state index contributed by atoms with van der Waals surface area (Å²) in [6.45, 7) is -0.307. The van der Waals surface area contributed by atoms with Crippen molar-refractivity contribution in [3.63, 3.8) is 0 Å². The number of primary sulfonamides is 1. The van der Waals surface area contributed by atoms with Gasteiger partial charge in [0.15, 0.2) is 6.61 Å². The van der Waals surface area contributed by atoms with Crippen LogP contribution >= 0.6 is 23.1 Å². The van der Waals surface area contributed by atoms with Crippen LogP contribution in [0.2, 0.25) is 0 Å². The number of hydrogen-bond donors (Lipinski definition) is 3. The number of non-ortho nitro benzene ring substituents is 1. The summed E-state index contributed by atoms with van der Waals surface area (Å²) >= 11 is 2.72. The number of hydrogen-bond acceptors (Lipinski definition) is 11. The van der Waals surface area contributed by atoms with Crippen molar-refractivity contribution in [1.82, 2.24) is 4.98 Å². The number of thioether (sulfide) groups is 1. The molecule has 4 aromatic rings. The van der Waals surface area contributed by atoms with E-state index in [1.807, 2.05) is 12.1 Å². The van der Waals surface area contributed by atoms with Gasteiger partial charge < -0.3 is 15.0 Å². The average Bonchev–Trinajstić information content (AvgIpc) is 3.82. The number of H-pyrrole nitrogens is 1. The van der Waals surface area contributed by atoms with E-state index in [2.05, 4.69) is 10.3 Å². The van der Waals surface area contributed by atoms with Gasteiger partial charge in [0.2, 0.25) is 21.8 Å². The number of fused-ring (bicyclic) bond motifs is 9. The van der Waals surface area contributed by atoms with Crippen LogP contribution in [0.1, 0.15) is 22.8 Å². The zero-order valence-corrected chi connectivity index (χ0v) is 28.2. The quantitative estimate of drug-likeness (QED) is 0.136. The number of aromatic amines is 1. The van der Waals surface area contributed by atoms with Crippen LogP contribution in [0.25, 0.3) is 0 Å². The van der Waals surface area contributed by atoms with E-state index in [1.54, 1.807) is 23.9 Å². The Morgan fingerprint density at radius 2 is 1.64 bits per heavy atom. The summed E-state index contributed by atoms with van der Waals surface area (Å²) < 4.78 is 28.6. The monoisotopic (exact) mass is 733 g/mol. The highest BCUT2D eigenvalue weighted by molar-refractivity contribution is 8.00. The van der Waals surface area contributed by atoms with Crippen molar-refractivity contribution < 1.29 is 32.5 Å². The number of nitro benzene ring substituents is 1. The van der Waals surface area contributed by atoms with Crippen LogP contribution in [0.5, 0.6) is 5.75 Å². The SMILES string of the molecule is NS(=O)(=O)c1ccc(NC(=O)COc2ccc([C@H]3c4sc(=O)[nH]c4SC4C3[C@H]3C[C@@H]4C4C(=O)N(c5ccc([N+](=O)[O-])cc5)C(=O)C43)cc2)cc1. The molecule has 3 heterocycles. The van der Waals surface area contributed by atoms with Crippen molar-refractivity contribution in [2.45, 2.75) is 27.5 Å². The first-order valence-corrected chi connectivity index (χ1v) is 18.8. The highest BCUT2D eigenvalue weighted by Gasteiger charge is 2.69. The van der Waals surface area contributed by atoms with Gasteiger partial charge in [0.05, 0.1) is 32.4 Å². The number of aromatic nitrogens is 1. The topological polar surface area (TPSA) is 212 Å². The van der Waals surface area contributed by atoms with Crippen LogP contribution in [0, 0.1) is 39.7 Å². The van der Waals surface area contributed by atoms with Crippen LogP contribution in [0.3, 0.4) is 0 Å². The van der Waals surface area contributed by atoms with Gasteiger partial charge in [0.25, 0.3) is 11.6 Å². The molecule has 3 fully saturated rings. The first kappa shape index (κ1) is 32.4. The Kier molecular flexibility index (Phi) is 7.70. The maximum atomic E-state index is 13.9. The molecule has 2 aliphatic carbocycles. The number of amides is 3. The number of nitrogens with zero attached hydrogens (tertiary/aromatic N) is 2. The zero-order valence-electron chi connectivity index (χ0n) is 25.8. The molecule has 1 aromatic heterocycles. The molecule has 2 saturated carbocycles. The van der Waals surface area contributed by atoms with Gasteiger partial charge in [-0.1, -0.05) is 23.5 Å². The molecule has 256 valence electrons. The Labute approximate surface area is 292 Å². The molecular weight excluding hydrogens is 707 g/mol. The number of carbonyl (C=O) groups excluding carboxylic acids is 3. The molecular formula is C33H27N5O9S3. The molecule has 7 atom stereocenters. The first-order valence-electron chi connectivity index (χ1n) is 15.6. The molecule has 0 radical (unpaired) electrons. The van der Waals surface area contributed by atoms with Gasteiger partial charge >= 0.3 is 4.87 Å². The fourth-order valence-electron chi connectivity index (χ4n) is 8.21. The Hall–Kier alpha value is -4.84. The second kappa shape index (κ2) is 11.9. The number of rotatable bonds is 8. The van der Waals surface area contributed by atoms with Crippen molar-refractivity contribution in [2.24, 2.45) is 34.7 Å². The standard InChI is InChI=1S/C33H27N5O9S3/c34-50(45,46)20-11-3-16(4-12-20)35-23(39)14-47-19-9-1-15(2-10-19)24-25-21-13-22(28(25)48-30-29(24)49-33(42)36-30)27-26(21)31(40)37(32(27)41)17-5-7-18(8-6-17)38(43)44/h1-12,21-22,24-28H,13-14H2,(H,35,39)(H,36,42)(H2,34,45,46)/t21-,22-,24-,25?,26?,27?,28?/m1/s1. The number of benzene rings is 3. The van der Waals surface area contributed by atoms with Crippen molar-refractivity contribution in [3.8, 4) is 5.75 Å². The first-order chi connectivity index (χ1) is 23.9. The fourth-order valence-corrected chi connectivity index (χ4v) is 11.6. The van der Waals surface area contributed by atoms with Crippen molar-refractivity contribution >= 4 is 67.9 Å². The van der Waals surface area contributed by atoms with E-state index < -0.39 is 32.7 Å². The molecule has 3 aromatic carbocycles. The minimum atomic E-state index is -3.86. The Bertz CT molecular complexity index is 2240. The minimum Gasteiger partial charge on any atom is -0.484 e. The third-order valence-electron chi connectivity index (χ3n) is 10.1. The highest BCUT2D eigenvalue weighted by atomic mass is 32.2. The summed E-state index contributed by atoms with van der Waals surface area (Å²) in [6.07, 6.45) is 0.708. The maximum Gasteiger partial charge on any atom is 0.305 e. The summed E-state index contributed by atoms with van der Waals surface area (Å²) in [7, 11) is -3.86. The predicted molar refractivity (Wildman–Crippen MR) is 182 cm³/mol. The molecule has 17 heteroatoms. The highest BCUT2D eigenvalue weighted by Crippen LogP contribution is 2.68. The van der Waals surface area contributed by atoms with E-state index >= 15 is 0 Å². The Morgan fingerprint density at radius 3 is 2.28 bits per heavy atom. The van der Waals surface area contributed by atoms with Crippen LogP contribution in [-0.2, 0) is 24.4 Å². The van der Waals surface area contributed by atoms with Gasteiger partial charge in [-0.2, -0.15) is 0 Å². The largest absolute Gasteiger partial charge is 0.484 e. The maximum absolute atomic E-state index is 13.9. The normalized spacial score (nSPS) is 26.3. The molecule has 2 aliphatic heterocycles. The van der Waals surface area contributed by atoms with E-state index in [4.69, 9.17) is 9.88 Å². The molecule has 0 spiro atoms. The second-order valence-corrected chi connectivity index (χ2v) is 16.5. The van der Waals surface area contributed by atoms with Crippen molar-refractivity contribution in [2.75, 3.05) is 16.8 Å². The molecule has 4 unspecified atom stereocenters. The minimum absolute atomic E-state index is 0.0174. The number of imide groups is 1. The van der Waals surface area contributed by atoms with Crippen LogP contribution in [0.4, 0.5) is 17.1 Å². The van der Waals surface area contributed by atoms with E-state index in [0.29, 0.717) is 23.5 Å². The van der Waals surface area contributed by atoms with Gasteiger partial charge in [-0.3, -0.25) is 34.2 Å². The molecule has 2 bridgehead atoms. The van der Waals surface area contributed by atoms with E-state index in [1.165, 1.54) is 53.4 Å². The molecule has 50 heavy (non-hydrogen) atoms. The summed E-state index contributed by atoms with van der Waals surface area (Å²) in [6, 6.07) is 18.1. The fraction of sp³-hybridized carbons (Fsp3) is 0.273. The van der Waals surface area contributed by atoms with Crippen molar-refractivity contribution in [3.05, 3.63) is 103 Å². The Morgan fingerprint density at radius 1 is 0.980 bits per heavy atom. The Balaban J connectivity index is 1.01. The van der Waals surface area contributed by atoms with Gasteiger partial charge in [-0.25, -0.2) is 13.6 Å². The van der Waals surface area contributed by atoms with Gasteiger partial charge in [-0.15, -0.1) is 11.8 Å². The number of sulfonamides is 1. The molecule has 4 aliphatic rings. The van der Waals surface area contributed by atoms with E-state index in [-0.39, 0.29) is 62.8 Å². The lowest BCUT2D eigenvalue weighted by atomic mass is 9.68. The lowest BCUT2D eigenvalue weighted by Crippen LogP contribution is -2.42. The predicted octanol–water partition coefficient (Wildman–Crippen LogP) is 3.69. The van der Waals surface area contributed by atoms with Gasteiger partial charge in [0.1, 0.15) is 5.75 Å². The smallest absolute Gasteiger partial charge is 0.305 e. The molecule has 1 saturated heterocycles. The zero-order chi connectivity index (χ0) is 35.1. The average molecular weight is 734 g/mol. The van der Waals surface area contributed by atoms with E-state index in [0.717, 1.165) is 26.8 Å². The van der Waals surface area contributed by atoms with E-state index in [9.17, 15) is 37.7 Å². The number of nitrogens with two attached hydrogens (primary N) is 1. The van der Waals surface area contributed by atoms with Crippen LogP contribution < -0.4 is 25.0 Å². The lowest BCUT2D eigenvalue weighted by molar-refractivity contribution is -0.384. The van der Waals surface area contributed by atoms with Gasteiger partial charge in [0, 0.05) is 33.9 Å². The summed E-state index contributed by atoms with van der Waals surface area (Å²) in [5.74, 6) is -2.08.